The molecule has 1 amide bonds. The second kappa shape index (κ2) is 6.47. The Labute approximate surface area is 140 Å². The van der Waals surface area contributed by atoms with Crippen LogP contribution in [0.25, 0.3) is 5.69 Å². The average Bonchev–Trinajstić information content (AvgIpc) is 2.97. The van der Waals surface area contributed by atoms with Gasteiger partial charge >= 0.3 is 5.97 Å². The van der Waals surface area contributed by atoms with Gasteiger partial charge in [0, 0.05) is 24.3 Å². The zero-order valence-corrected chi connectivity index (χ0v) is 13.8. The molecule has 1 aromatic carbocycles. The van der Waals surface area contributed by atoms with Crippen molar-refractivity contribution in [2.24, 2.45) is 5.92 Å². The topological polar surface area (TPSA) is 75.4 Å². The van der Waals surface area contributed by atoms with Crippen molar-refractivity contribution in [1.29, 1.82) is 0 Å². The molecule has 1 fully saturated rings. The van der Waals surface area contributed by atoms with E-state index in [-0.39, 0.29) is 11.9 Å². The Morgan fingerprint density at radius 1 is 1.25 bits per heavy atom. The van der Waals surface area contributed by atoms with Gasteiger partial charge in [-0.15, -0.1) is 0 Å². The van der Waals surface area contributed by atoms with Crippen molar-refractivity contribution in [2.75, 3.05) is 6.54 Å². The van der Waals surface area contributed by atoms with E-state index in [2.05, 4.69) is 5.10 Å². The number of likely N-dealkylation sites (tertiary alicyclic amines) is 1. The molecular weight excluding hydrogens is 306 g/mol. The minimum Gasteiger partial charge on any atom is -0.481 e. The van der Waals surface area contributed by atoms with E-state index in [0.717, 1.165) is 11.3 Å². The molecule has 2 aromatic rings. The molecule has 0 bridgehead atoms. The van der Waals surface area contributed by atoms with Crippen LogP contribution in [-0.4, -0.2) is 44.3 Å². The van der Waals surface area contributed by atoms with Gasteiger partial charge in [0.2, 0.25) is 0 Å². The Morgan fingerprint density at radius 2 is 1.96 bits per heavy atom. The maximum absolute atomic E-state index is 12.9. The molecular formula is C18H21N3O3. The molecule has 6 nitrogen and oxygen atoms in total. The molecule has 2 atom stereocenters. The molecule has 126 valence electrons. The van der Waals surface area contributed by atoms with Crippen molar-refractivity contribution in [2.45, 2.75) is 32.7 Å². The van der Waals surface area contributed by atoms with Gasteiger partial charge in [-0.1, -0.05) is 18.2 Å². The fraction of sp³-hybridized carbons (Fsp3) is 0.389. The van der Waals surface area contributed by atoms with Gasteiger partial charge in [-0.3, -0.25) is 9.59 Å². The number of para-hydroxylation sites is 1. The summed E-state index contributed by atoms with van der Waals surface area (Å²) >= 11 is 0. The molecule has 2 heterocycles. The summed E-state index contributed by atoms with van der Waals surface area (Å²) in [5.74, 6) is -1.55. The Bertz CT molecular complexity index is 754. The van der Waals surface area contributed by atoms with E-state index in [9.17, 15) is 14.7 Å². The van der Waals surface area contributed by atoms with Gasteiger partial charge in [0.05, 0.1) is 11.6 Å². The second-order valence-corrected chi connectivity index (χ2v) is 6.27. The smallest absolute Gasteiger partial charge is 0.308 e. The number of aryl methyl sites for hydroxylation is 1. The third kappa shape index (κ3) is 2.91. The zero-order chi connectivity index (χ0) is 17.3. The van der Waals surface area contributed by atoms with Crippen molar-refractivity contribution >= 4 is 11.9 Å². The normalized spacial score (nSPS) is 20.8. The van der Waals surface area contributed by atoms with Gasteiger partial charge in [0.15, 0.2) is 5.69 Å². The van der Waals surface area contributed by atoms with Crippen LogP contribution in [0.2, 0.25) is 0 Å². The summed E-state index contributed by atoms with van der Waals surface area (Å²) in [5.41, 5.74) is 2.06. The van der Waals surface area contributed by atoms with Crippen LogP contribution in [-0.2, 0) is 4.79 Å². The first-order chi connectivity index (χ1) is 11.5. The van der Waals surface area contributed by atoms with Crippen molar-refractivity contribution in [3.05, 3.63) is 47.8 Å². The number of aliphatic carboxylic acids is 1. The standard InChI is InChI=1S/C18H21N3O3/c1-12-11-21(14-7-4-3-5-8-14)19-16(12)17(22)20-10-6-9-15(13(20)2)18(23)24/h3-5,7-8,11,13,15H,6,9-10H2,1-2H3,(H,23,24)/t13-,15-/m1/s1. The summed E-state index contributed by atoms with van der Waals surface area (Å²) in [7, 11) is 0. The number of rotatable bonds is 3. The number of carbonyl (C=O) groups is 2. The summed E-state index contributed by atoms with van der Waals surface area (Å²) in [4.78, 5) is 25.9. The number of piperidine rings is 1. The Hall–Kier alpha value is -2.63. The third-order valence-electron chi connectivity index (χ3n) is 4.69. The van der Waals surface area contributed by atoms with Crippen LogP contribution in [0, 0.1) is 12.8 Å². The first kappa shape index (κ1) is 16.2. The van der Waals surface area contributed by atoms with E-state index in [1.54, 1.807) is 16.5 Å². The van der Waals surface area contributed by atoms with Crippen molar-refractivity contribution < 1.29 is 14.7 Å². The summed E-state index contributed by atoms with van der Waals surface area (Å²) in [6, 6.07) is 9.27. The lowest BCUT2D eigenvalue weighted by Crippen LogP contribution is -2.49. The lowest BCUT2D eigenvalue weighted by molar-refractivity contribution is -0.144. The molecule has 0 spiro atoms. The van der Waals surface area contributed by atoms with Gasteiger partial charge in [0.1, 0.15) is 0 Å². The quantitative estimate of drug-likeness (QED) is 0.940. The van der Waals surface area contributed by atoms with Gasteiger partial charge in [-0.2, -0.15) is 5.10 Å². The minimum absolute atomic E-state index is 0.194. The number of hydrogen-bond donors (Lipinski definition) is 1. The first-order valence-electron chi connectivity index (χ1n) is 8.14. The fourth-order valence-corrected chi connectivity index (χ4v) is 3.28. The van der Waals surface area contributed by atoms with Crippen LogP contribution in [0.5, 0.6) is 0 Å². The number of carboxylic acid groups (broad SMARTS) is 1. The predicted molar refractivity (Wildman–Crippen MR) is 89.2 cm³/mol. The van der Waals surface area contributed by atoms with E-state index in [0.29, 0.717) is 25.1 Å². The minimum atomic E-state index is -0.841. The molecule has 1 N–H and O–H groups in total. The number of aromatic nitrogens is 2. The highest BCUT2D eigenvalue weighted by atomic mass is 16.4. The lowest BCUT2D eigenvalue weighted by Gasteiger charge is -2.37. The van der Waals surface area contributed by atoms with Gasteiger partial charge < -0.3 is 10.0 Å². The monoisotopic (exact) mass is 327 g/mol. The zero-order valence-electron chi connectivity index (χ0n) is 13.8. The molecule has 0 saturated carbocycles. The highest BCUT2D eigenvalue weighted by Gasteiger charge is 2.36. The Kier molecular flexibility index (Phi) is 4.38. The first-order valence-corrected chi connectivity index (χ1v) is 8.14. The summed E-state index contributed by atoms with van der Waals surface area (Å²) in [5, 5.41) is 13.8. The average molecular weight is 327 g/mol. The molecule has 1 aliphatic rings. The van der Waals surface area contributed by atoms with Crippen LogP contribution in [0.4, 0.5) is 0 Å². The summed E-state index contributed by atoms with van der Waals surface area (Å²) < 4.78 is 1.69. The summed E-state index contributed by atoms with van der Waals surface area (Å²) in [6.07, 6.45) is 3.13. The van der Waals surface area contributed by atoms with E-state index in [4.69, 9.17) is 0 Å². The van der Waals surface area contributed by atoms with Crippen LogP contribution in [0.3, 0.4) is 0 Å². The Balaban J connectivity index is 1.88. The number of hydrogen-bond acceptors (Lipinski definition) is 3. The lowest BCUT2D eigenvalue weighted by atomic mass is 9.90. The molecule has 24 heavy (non-hydrogen) atoms. The van der Waals surface area contributed by atoms with Crippen LogP contribution < -0.4 is 0 Å². The molecule has 1 aromatic heterocycles. The third-order valence-corrected chi connectivity index (χ3v) is 4.69. The van der Waals surface area contributed by atoms with Gasteiger partial charge in [0.25, 0.3) is 5.91 Å². The van der Waals surface area contributed by atoms with Crippen LogP contribution in [0.15, 0.2) is 36.5 Å². The molecule has 0 aliphatic carbocycles. The number of carbonyl (C=O) groups excluding carboxylic acids is 1. The fourth-order valence-electron chi connectivity index (χ4n) is 3.28. The van der Waals surface area contributed by atoms with E-state index < -0.39 is 11.9 Å². The molecule has 0 radical (unpaired) electrons. The van der Waals surface area contributed by atoms with Gasteiger partial charge in [-0.25, -0.2) is 4.68 Å². The Morgan fingerprint density at radius 3 is 2.62 bits per heavy atom. The van der Waals surface area contributed by atoms with Gasteiger partial charge in [-0.05, 0) is 38.8 Å². The second-order valence-electron chi connectivity index (χ2n) is 6.27. The maximum Gasteiger partial charge on any atom is 0.308 e. The number of carboxylic acids is 1. The number of benzene rings is 1. The predicted octanol–water partition coefficient (Wildman–Crippen LogP) is 2.51. The molecule has 6 heteroatoms. The number of amides is 1. The SMILES string of the molecule is Cc1cn(-c2ccccc2)nc1C(=O)N1CCC[C@@H](C(=O)O)[C@H]1C. The summed E-state index contributed by atoms with van der Waals surface area (Å²) in [6.45, 7) is 4.23. The molecule has 3 rings (SSSR count). The molecule has 1 saturated heterocycles. The highest BCUT2D eigenvalue weighted by Crippen LogP contribution is 2.26. The van der Waals surface area contributed by atoms with Crippen molar-refractivity contribution in [3.63, 3.8) is 0 Å². The molecule has 0 unspecified atom stereocenters. The van der Waals surface area contributed by atoms with Crippen molar-refractivity contribution in [1.82, 2.24) is 14.7 Å². The largest absolute Gasteiger partial charge is 0.481 e. The van der Waals surface area contributed by atoms with Crippen LogP contribution >= 0.6 is 0 Å². The van der Waals surface area contributed by atoms with E-state index in [1.165, 1.54) is 0 Å². The van der Waals surface area contributed by atoms with Crippen LogP contribution in [0.1, 0.15) is 35.8 Å². The molecule has 1 aliphatic heterocycles. The van der Waals surface area contributed by atoms with Crippen molar-refractivity contribution in [3.8, 4) is 5.69 Å². The van der Waals surface area contributed by atoms with E-state index in [1.807, 2.05) is 43.5 Å². The highest BCUT2D eigenvalue weighted by molar-refractivity contribution is 5.94. The number of nitrogens with zero attached hydrogens (tertiary/aromatic N) is 3. The van der Waals surface area contributed by atoms with E-state index >= 15 is 0 Å². The maximum atomic E-state index is 12.9.